The fraction of sp³-hybridized carbons (Fsp3) is 0.655. The first-order chi connectivity index (χ1) is 20.3. The second-order valence-corrected chi connectivity index (χ2v) is 14.1. The fourth-order valence-electron chi connectivity index (χ4n) is 6.96. The van der Waals surface area contributed by atoms with Gasteiger partial charge in [0.25, 0.3) is 0 Å². The van der Waals surface area contributed by atoms with Crippen LogP contribution in [0.15, 0.2) is 24.5 Å². The number of imidazole rings is 1. The topological polar surface area (TPSA) is 78.8 Å². The SMILES string of the molecule is CS(=O)(=O)N1CCC([C@@H](CCN2CCC(n3cnc4c3CCN(C(=O)CC(F)(F)F)C4)CC2)c2cc(F)cc(F)c2)CC1. The molecule has 3 aliphatic rings. The minimum Gasteiger partial charge on any atom is -0.336 e. The molecule has 5 rings (SSSR count). The highest BCUT2D eigenvalue weighted by molar-refractivity contribution is 7.88. The lowest BCUT2D eigenvalue weighted by molar-refractivity contribution is -0.162. The van der Waals surface area contributed by atoms with Gasteiger partial charge in [-0.05, 0) is 68.2 Å². The second-order valence-electron chi connectivity index (χ2n) is 12.1. The Bertz CT molecular complexity index is 1380. The van der Waals surface area contributed by atoms with Crippen molar-refractivity contribution in [1.29, 1.82) is 0 Å². The van der Waals surface area contributed by atoms with Crippen LogP contribution in [0.3, 0.4) is 0 Å². The van der Waals surface area contributed by atoms with Crippen molar-refractivity contribution >= 4 is 15.9 Å². The molecule has 1 aromatic heterocycles. The van der Waals surface area contributed by atoms with Crippen LogP contribution in [-0.4, -0.2) is 89.7 Å². The number of aromatic nitrogens is 2. The zero-order chi connectivity index (χ0) is 30.9. The van der Waals surface area contributed by atoms with Gasteiger partial charge in [0, 0.05) is 56.9 Å². The lowest BCUT2D eigenvalue weighted by Crippen LogP contribution is -2.40. The molecule has 2 fully saturated rings. The number of sulfonamides is 1. The van der Waals surface area contributed by atoms with Gasteiger partial charge in [0.15, 0.2) is 0 Å². The summed E-state index contributed by atoms with van der Waals surface area (Å²) in [5.41, 5.74) is 2.23. The van der Waals surface area contributed by atoms with E-state index < -0.39 is 40.2 Å². The van der Waals surface area contributed by atoms with Gasteiger partial charge in [0.1, 0.15) is 18.1 Å². The van der Waals surface area contributed by atoms with Crippen molar-refractivity contribution in [3.05, 3.63) is 53.1 Å². The molecule has 43 heavy (non-hydrogen) atoms. The standard InChI is InChI=1S/C29H38F5N5O3S/c1-43(41,42)38-12-2-20(3-13-38)25(21-14-22(30)16-23(31)15-21)6-10-36-8-4-24(5-9-36)39-19-35-26-18-37(11-7-27(26)39)28(40)17-29(32,33)34/h14-16,19-20,24-25H,2-13,17-18H2,1H3/t25-/m1/s1. The Morgan fingerprint density at radius 1 is 1.00 bits per heavy atom. The molecule has 8 nitrogen and oxygen atoms in total. The van der Waals surface area contributed by atoms with E-state index in [2.05, 4.69) is 14.5 Å². The Labute approximate surface area is 248 Å². The van der Waals surface area contributed by atoms with Crippen LogP contribution in [0, 0.1) is 17.6 Å². The highest BCUT2D eigenvalue weighted by Gasteiger charge is 2.36. The van der Waals surface area contributed by atoms with E-state index in [1.165, 1.54) is 27.6 Å². The number of hydrogen-bond donors (Lipinski definition) is 0. The number of benzene rings is 1. The molecule has 4 heterocycles. The lowest BCUT2D eigenvalue weighted by Gasteiger charge is -2.38. The van der Waals surface area contributed by atoms with E-state index >= 15 is 0 Å². The van der Waals surface area contributed by atoms with Gasteiger partial charge in [-0.15, -0.1) is 0 Å². The van der Waals surface area contributed by atoms with Gasteiger partial charge >= 0.3 is 6.18 Å². The van der Waals surface area contributed by atoms with E-state index in [-0.39, 0.29) is 31.0 Å². The first-order valence-corrected chi connectivity index (χ1v) is 16.6. The molecule has 1 amide bonds. The smallest absolute Gasteiger partial charge is 0.336 e. The van der Waals surface area contributed by atoms with Gasteiger partial charge in [-0.2, -0.15) is 13.2 Å². The van der Waals surface area contributed by atoms with Crippen LogP contribution in [0.2, 0.25) is 0 Å². The van der Waals surface area contributed by atoms with Gasteiger partial charge in [-0.1, -0.05) is 0 Å². The summed E-state index contributed by atoms with van der Waals surface area (Å²) in [5.74, 6) is -2.16. The molecule has 2 aromatic rings. The van der Waals surface area contributed by atoms with Gasteiger partial charge in [0.05, 0.1) is 24.8 Å². The molecule has 1 aromatic carbocycles. The maximum atomic E-state index is 14.2. The molecule has 14 heteroatoms. The monoisotopic (exact) mass is 631 g/mol. The first-order valence-electron chi connectivity index (χ1n) is 14.8. The van der Waals surface area contributed by atoms with Crippen molar-refractivity contribution in [2.75, 3.05) is 45.5 Å². The van der Waals surface area contributed by atoms with Crippen molar-refractivity contribution in [3.8, 4) is 0 Å². The summed E-state index contributed by atoms with van der Waals surface area (Å²) in [4.78, 5) is 20.1. The maximum Gasteiger partial charge on any atom is 0.397 e. The van der Waals surface area contributed by atoms with Crippen LogP contribution in [0.25, 0.3) is 0 Å². The van der Waals surface area contributed by atoms with Crippen molar-refractivity contribution < 1.29 is 35.2 Å². The number of alkyl halides is 3. The van der Waals surface area contributed by atoms with Crippen LogP contribution in [0.1, 0.15) is 67.4 Å². The molecule has 0 spiro atoms. The summed E-state index contributed by atoms with van der Waals surface area (Å²) < 4.78 is 94.0. The number of fused-ring (bicyclic) bond motifs is 1. The molecule has 238 valence electrons. The molecule has 0 unspecified atom stereocenters. The summed E-state index contributed by atoms with van der Waals surface area (Å²) in [7, 11) is -3.29. The number of amides is 1. The molecule has 0 radical (unpaired) electrons. The number of carbonyl (C=O) groups excluding carboxylic acids is 1. The van der Waals surface area contributed by atoms with Crippen LogP contribution in [0.4, 0.5) is 22.0 Å². The normalized spacial score (nSPS) is 20.7. The molecule has 0 N–H and O–H groups in total. The molecule has 0 bridgehead atoms. The predicted octanol–water partition coefficient (Wildman–Crippen LogP) is 4.48. The van der Waals surface area contributed by atoms with Gasteiger partial charge in [-0.3, -0.25) is 4.79 Å². The minimum absolute atomic E-state index is 0.0846. The van der Waals surface area contributed by atoms with Crippen molar-refractivity contribution in [2.24, 2.45) is 5.92 Å². The number of nitrogens with zero attached hydrogens (tertiary/aromatic N) is 5. The van der Waals surface area contributed by atoms with E-state index in [4.69, 9.17) is 0 Å². The van der Waals surface area contributed by atoms with Crippen LogP contribution < -0.4 is 0 Å². The highest BCUT2D eigenvalue weighted by Crippen LogP contribution is 2.37. The van der Waals surface area contributed by atoms with E-state index in [1.807, 2.05) is 0 Å². The summed E-state index contributed by atoms with van der Waals surface area (Å²) in [6.07, 6.45) is 1.06. The lowest BCUT2D eigenvalue weighted by atomic mass is 9.78. The third-order valence-corrected chi connectivity index (χ3v) is 10.5. The average Bonchev–Trinajstić information content (AvgIpc) is 3.35. The number of halogens is 5. The number of likely N-dealkylation sites (tertiary alicyclic amines) is 1. The Morgan fingerprint density at radius 3 is 2.26 bits per heavy atom. The predicted molar refractivity (Wildman–Crippen MR) is 150 cm³/mol. The molecular weight excluding hydrogens is 593 g/mol. The summed E-state index contributed by atoms with van der Waals surface area (Å²) in [5, 5.41) is 0. The Kier molecular flexibility index (Phi) is 9.48. The molecule has 2 saturated heterocycles. The molecule has 1 atom stereocenters. The van der Waals surface area contributed by atoms with Gasteiger partial charge in [-0.25, -0.2) is 26.5 Å². The van der Waals surface area contributed by atoms with Crippen LogP contribution in [0.5, 0.6) is 0 Å². The van der Waals surface area contributed by atoms with Crippen LogP contribution in [-0.2, 0) is 27.8 Å². The van der Waals surface area contributed by atoms with Crippen molar-refractivity contribution in [2.45, 2.75) is 69.6 Å². The third-order valence-electron chi connectivity index (χ3n) is 9.20. The van der Waals surface area contributed by atoms with E-state index in [0.717, 1.165) is 44.2 Å². The molecular formula is C29H38F5N5O3S. The quantitative estimate of drug-likeness (QED) is 0.402. The average molecular weight is 632 g/mol. The largest absolute Gasteiger partial charge is 0.397 e. The maximum absolute atomic E-state index is 14.2. The minimum atomic E-state index is -4.53. The Hall–Kier alpha value is -2.58. The zero-order valence-electron chi connectivity index (χ0n) is 24.2. The third kappa shape index (κ3) is 7.93. The summed E-state index contributed by atoms with van der Waals surface area (Å²) >= 11 is 0. The second kappa shape index (κ2) is 12.8. The fourth-order valence-corrected chi connectivity index (χ4v) is 7.83. The zero-order valence-corrected chi connectivity index (χ0v) is 25.0. The van der Waals surface area contributed by atoms with Gasteiger partial charge < -0.3 is 14.4 Å². The van der Waals surface area contributed by atoms with Gasteiger partial charge in [0.2, 0.25) is 15.9 Å². The van der Waals surface area contributed by atoms with Crippen molar-refractivity contribution in [3.63, 3.8) is 0 Å². The highest BCUT2D eigenvalue weighted by atomic mass is 32.2. The van der Waals surface area contributed by atoms with E-state index in [1.54, 1.807) is 6.33 Å². The first kappa shape index (κ1) is 31.8. The molecule has 0 saturated carbocycles. The molecule has 3 aliphatic heterocycles. The number of carbonyl (C=O) groups is 1. The van der Waals surface area contributed by atoms with E-state index in [0.29, 0.717) is 50.0 Å². The Balaban J connectivity index is 1.18. The summed E-state index contributed by atoms with van der Waals surface area (Å²) in [6, 6.07) is 3.84. The van der Waals surface area contributed by atoms with Crippen molar-refractivity contribution in [1.82, 2.24) is 23.7 Å². The number of hydrogen-bond acceptors (Lipinski definition) is 5. The van der Waals surface area contributed by atoms with E-state index in [9.17, 15) is 35.2 Å². The number of rotatable bonds is 8. The molecule has 0 aliphatic carbocycles. The van der Waals surface area contributed by atoms with Crippen LogP contribution >= 0.6 is 0 Å². The summed E-state index contributed by atoms with van der Waals surface area (Å²) in [6.45, 7) is 3.47. The number of piperidine rings is 2. The Morgan fingerprint density at radius 2 is 1.65 bits per heavy atom.